The molecule has 3 aromatic carbocycles. The van der Waals surface area contributed by atoms with Crippen LogP contribution in [0.15, 0.2) is 84.9 Å². The quantitative estimate of drug-likeness (QED) is 0.420. The van der Waals surface area contributed by atoms with Gasteiger partial charge in [-0.1, -0.05) is 60.7 Å². The molecule has 0 amide bonds. The zero-order valence-corrected chi connectivity index (χ0v) is 16.9. The van der Waals surface area contributed by atoms with Crippen LogP contribution in [0.25, 0.3) is 22.3 Å². The highest BCUT2D eigenvalue weighted by molar-refractivity contribution is 5.78. The number of fused-ring (bicyclic) bond motifs is 1. The first kappa shape index (κ1) is 18.9. The molecule has 0 atom stereocenters. The van der Waals surface area contributed by atoms with Crippen LogP contribution in [0.1, 0.15) is 16.8 Å². The predicted octanol–water partition coefficient (Wildman–Crippen LogP) is 4.78. The topological polar surface area (TPSA) is 76.6 Å². The number of benzene rings is 3. The summed E-state index contributed by atoms with van der Waals surface area (Å²) in [5, 5.41) is 15.4. The molecule has 0 aliphatic carbocycles. The molecule has 2 aromatic heterocycles. The first-order valence-electron chi connectivity index (χ1n) is 10.2. The lowest BCUT2D eigenvalue weighted by Crippen LogP contribution is -1.99. The first-order chi connectivity index (χ1) is 15.3. The normalized spacial score (nSPS) is 11.0. The Kier molecular flexibility index (Phi) is 5.35. The standard InChI is InChI=1S/C25H21N5O/c1-3-10-23(25-27-29-30-28-25)19(7-1)13-12-18-6-5-9-22(16-18)31-17-21-15-14-20-8-2-4-11-24(20)26-21/h1-11,14-16H,12-13,17H2,(H,27,28,29,30). The van der Waals surface area contributed by atoms with Gasteiger partial charge in [-0.2, -0.15) is 0 Å². The van der Waals surface area contributed by atoms with Crippen LogP contribution in [0.4, 0.5) is 0 Å². The van der Waals surface area contributed by atoms with Gasteiger partial charge in [-0.15, -0.1) is 5.10 Å². The zero-order valence-electron chi connectivity index (χ0n) is 16.9. The van der Waals surface area contributed by atoms with Crippen molar-refractivity contribution < 1.29 is 4.74 Å². The summed E-state index contributed by atoms with van der Waals surface area (Å²) in [6.07, 6.45) is 1.77. The van der Waals surface area contributed by atoms with E-state index in [0.717, 1.165) is 40.8 Å². The number of aromatic nitrogens is 5. The maximum absolute atomic E-state index is 6.02. The van der Waals surface area contributed by atoms with Gasteiger partial charge in [0, 0.05) is 10.9 Å². The van der Waals surface area contributed by atoms with E-state index in [4.69, 9.17) is 4.74 Å². The largest absolute Gasteiger partial charge is 0.487 e. The fraction of sp³-hybridized carbons (Fsp3) is 0.120. The minimum Gasteiger partial charge on any atom is -0.487 e. The molecule has 0 aliphatic heterocycles. The van der Waals surface area contributed by atoms with E-state index in [1.807, 2.05) is 54.6 Å². The summed E-state index contributed by atoms with van der Waals surface area (Å²) >= 11 is 0. The van der Waals surface area contributed by atoms with Crippen molar-refractivity contribution in [1.29, 1.82) is 0 Å². The van der Waals surface area contributed by atoms with Gasteiger partial charge >= 0.3 is 0 Å². The summed E-state index contributed by atoms with van der Waals surface area (Å²) in [6, 6.07) is 28.6. The molecule has 2 heterocycles. The second-order valence-electron chi connectivity index (χ2n) is 7.34. The Balaban J connectivity index is 1.25. The first-order valence-corrected chi connectivity index (χ1v) is 10.2. The highest BCUT2D eigenvalue weighted by Crippen LogP contribution is 2.22. The van der Waals surface area contributed by atoms with Crippen molar-refractivity contribution in [1.82, 2.24) is 25.6 Å². The van der Waals surface area contributed by atoms with Crippen molar-refractivity contribution in [3.63, 3.8) is 0 Å². The molecular formula is C25H21N5O. The average molecular weight is 407 g/mol. The molecule has 5 rings (SSSR count). The number of aromatic amines is 1. The number of pyridine rings is 1. The van der Waals surface area contributed by atoms with Gasteiger partial charge in [-0.05, 0) is 58.7 Å². The number of H-pyrrole nitrogens is 1. The number of para-hydroxylation sites is 1. The Labute approximate surface area is 179 Å². The predicted molar refractivity (Wildman–Crippen MR) is 120 cm³/mol. The van der Waals surface area contributed by atoms with Crippen LogP contribution in [-0.4, -0.2) is 25.6 Å². The lowest BCUT2D eigenvalue weighted by atomic mass is 9.99. The van der Waals surface area contributed by atoms with Crippen LogP contribution in [0.2, 0.25) is 0 Å². The Bertz CT molecular complexity index is 1300. The summed E-state index contributed by atoms with van der Waals surface area (Å²) in [4.78, 5) is 4.68. The summed E-state index contributed by atoms with van der Waals surface area (Å²) in [7, 11) is 0. The van der Waals surface area contributed by atoms with Crippen LogP contribution in [-0.2, 0) is 19.4 Å². The second-order valence-corrected chi connectivity index (χ2v) is 7.34. The van der Waals surface area contributed by atoms with E-state index in [2.05, 4.69) is 55.9 Å². The maximum atomic E-state index is 6.02. The van der Waals surface area contributed by atoms with Crippen LogP contribution >= 0.6 is 0 Å². The van der Waals surface area contributed by atoms with Crippen molar-refractivity contribution in [3.8, 4) is 17.1 Å². The van der Waals surface area contributed by atoms with E-state index in [-0.39, 0.29) is 0 Å². The summed E-state index contributed by atoms with van der Waals surface area (Å²) in [5.41, 5.74) is 5.35. The molecule has 31 heavy (non-hydrogen) atoms. The molecule has 0 unspecified atom stereocenters. The monoisotopic (exact) mass is 407 g/mol. The number of nitrogens with zero attached hydrogens (tertiary/aromatic N) is 4. The van der Waals surface area contributed by atoms with Gasteiger partial charge < -0.3 is 4.74 Å². The van der Waals surface area contributed by atoms with Crippen molar-refractivity contribution >= 4 is 10.9 Å². The van der Waals surface area contributed by atoms with E-state index in [1.165, 1.54) is 11.1 Å². The van der Waals surface area contributed by atoms with Gasteiger partial charge in [0.15, 0.2) is 5.82 Å². The molecule has 5 aromatic rings. The molecule has 0 aliphatic rings. The van der Waals surface area contributed by atoms with Crippen LogP contribution < -0.4 is 4.74 Å². The molecule has 6 heteroatoms. The minimum atomic E-state index is 0.440. The van der Waals surface area contributed by atoms with Gasteiger partial charge in [-0.25, -0.2) is 10.1 Å². The Morgan fingerprint density at radius 1 is 0.806 bits per heavy atom. The number of hydrogen-bond acceptors (Lipinski definition) is 5. The zero-order chi connectivity index (χ0) is 20.9. The van der Waals surface area contributed by atoms with Crippen molar-refractivity contribution in [2.24, 2.45) is 0 Å². The van der Waals surface area contributed by atoms with Crippen LogP contribution in [0, 0.1) is 0 Å². The summed E-state index contributed by atoms with van der Waals surface area (Å²) in [5.74, 6) is 1.54. The fourth-order valence-corrected chi connectivity index (χ4v) is 3.66. The lowest BCUT2D eigenvalue weighted by molar-refractivity contribution is 0.301. The smallest absolute Gasteiger partial charge is 0.179 e. The van der Waals surface area contributed by atoms with Gasteiger partial charge in [0.1, 0.15) is 12.4 Å². The highest BCUT2D eigenvalue weighted by Gasteiger charge is 2.08. The van der Waals surface area contributed by atoms with Gasteiger partial charge in [-0.3, -0.25) is 0 Å². The summed E-state index contributed by atoms with van der Waals surface area (Å²) < 4.78 is 6.02. The molecule has 0 saturated carbocycles. The van der Waals surface area contributed by atoms with Crippen molar-refractivity contribution in [2.75, 3.05) is 0 Å². The minimum absolute atomic E-state index is 0.440. The second kappa shape index (κ2) is 8.75. The lowest BCUT2D eigenvalue weighted by Gasteiger charge is -2.10. The third-order valence-electron chi connectivity index (χ3n) is 5.24. The Morgan fingerprint density at radius 2 is 1.71 bits per heavy atom. The Hall–Kier alpha value is -4.06. The van der Waals surface area contributed by atoms with Crippen molar-refractivity contribution in [2.45, 2.75) is 19.4 Å². The van der Waals surface area contributed by atoms with E-state index in [9.17, 15) is 0 Å². The van der Waals surface area contributed by atoms with Crippen LogP contribution in [0.3, 0.4) is 0 Å². The number of hydrogen-bond donors (Lipinski definition) is 1. The van der Waals surface area contributed by atoms with E-state index in [0.29, 0.717) is 12.4 Å². The SMILES string of the molecule is c1cc(CCc2ccccc2-c2nnn[nH]2)cc(OCc2ccc3ccccc3n2)c1. The van der Waals surface area contributed by atoms with E-state index < -0.39 is 0 Å². The van der Waals surface area contributed by atoms with Crippen molar-refractivity contribution in [3.05, 3.63) is 102 Å². The number of rotatable bonds is 7. The third-order valence-corrected chi connectivity index (χ3v) is 5.24. The third kappa shape index (κ3) is 4.43. The molecule has 0 saturated heterocycles. The number of tetrazole rings is 1. The van der Waals surface area contributed by atoms with Gasteiger partial charge in [0.05, 0.1) is 11.2 Å². The van der Waals surface area contributed by atoms with Crippen LogP contribution in [0.5, 0.6) is 5.75 Å². The number of ether oxygens (including phenoxy) is 1. The molecule has 0 fully saturated rings. The Morgan fingerprint density at radius 3 is 2.65 bits per heavy atom. The summed E-state index contributed by atoms with van der Waals surface area (Å²) in [6.45, 7) is 0.440. The average Bonchev–Trinajstić information content (AvgIpc) is 3.37. The number of nitrogens with one attached hydrogen (secondary N) is 1. The maximum Gasteiger partial charge on any atom is 0.179 e. The van der Waals surface area contributed by atoms with Gasteiger partial charge in [0.25, 0.3) is 0 Å². The molecule has 1 N–H and O–H groups in total. The molecular weight excluding hydrogens is 386 g/mol. The molecule has 0 spiro atoms. The molecule has 6 nitrogen and oxygen atoms in total. The fourth-order valence-electron chi connectivity index (χ4n) is 3.66. The van der Waals surface area contributed by atoms with E-state index >= 15 is 0 Å². The molecule has 0 bridgehead atoms. The highest BCUT2D eigenvalue weighted by atomic mass is 16.5. The number of aryl methyl sites for hydroxylation is 2. The van der Waals surface area contributed by atoms with E-state index in [1.54, 1.807) is 0 Å². The molecule has 0 radical (unpaired) electrons. The molecule has 152 valence electrons. The van der Waals surface area contributed by atoms with Gasteiger partial charge in [0.2, 0.25) is 0 Å².